The number of anilines is 2. The highest BCUT2D eigenvalue weighted by Crippen LogP contribution is 2.30. The second-order valence-corrected chi connectivity index (χ2v) is 9.26. The van der Waals surface area contributed by atoms with Crippen molar-refractivity contribution >= 4 is 17.5 Å². The number of benzene rings is 1. The molecule has 2 saturated heterocycles. The number of hydrogen-bond acceptors (Lipinski definition) is 6. The minimum atomic E-state index is -4.41. The fourth-order valence-corrected chi connectivity index (χ4v) is 4.78. The molecule has 5 rings (SSSR count). The molecule has 3 aromatic rings. The number of carbonyl (C=O) groups is 1. The Morgan fingerprint density at radius 2 is 1.43 bits per heavy atom. The molecule has 11 heteroatoms. The molecule has 0 aliphatic carbocycles. The van der Waals surface area contributed by atoms with E-state index >= 15 is 0 Å². The second kappa shape index (κ2) is 10.3. The van der Waals surface area contributed by atoms with E-state index < -0.39 is 11.7 Å². The highest BCUT2D eigenvalue weighted by atomic mass is 19.4. The molecule has 0 atom stereocenters. The minimum absolute atomic E-state index is 0.0709. The molecule has 4 heterocycles. The van der Waals surface area contributed by atoms with Gasteiger partial charge in [0.15, 0.2) is 5.82 Å². The molecule has 1 aromatic carbocycles. The molecule has 2 fully saturated rings. The van der Waals surface area contributed by atoms with Crippen molar-refractivity contribution in [3.8, 4) is 11.3 Å². The Morgan fingerprint density at radius 3 is 2.00 bits per heavy atom. The molecule has 0 bridgehead atoms. The number of halogens is 4. The third kappa shape index (κ3) is 5.65. The van der Waals surface area contributed by atoms with Crippen molar-refractivity contribution < 1.29 is 22.4 Å². The first-order chi connectivity index (χ1) is 17.8. The number of piperazine rings is 1. The summed E-state index contributed by atoms with van der Waals surface area (Å²) in [7, 11) is 0. The topological polar surface area (TPSA) is 65.5 Å². The summed E-state index contributed by atoms with van der Waals surface area (Å²) in [5.41, 5.74) is 0.685. The second-order valence-electron chi connectivity index (χ2n) is 9.26. The van der Waals surface area contributed by atoms with Gasteiger partial charge in [0, 0.05) is 56.9 Å². The molecule has 37 heavy (non-hydrogen) atoms. The molecule has 0 unspecified atom stereocenters. The van der Waals surface area contributed by atoms with Crippen LogP contribution in [0.25, 0.3) is 11.3 Å². The molecule has 2 aliphatic heterocycles. The van der Waals surface area contributed by atoms with Crippen LogP contribution in [0, 0.1) is 11.7 Å². The molecule has 0 N–H and O–H groups in total. The normalized spacial score (nSPS) is 17.2. The highest BCUT2D eigenvalue weighted by molar-refractivity contribution is 5.79. The van der Waals surface area contributed by atoms with Crippen LogP contribution in [-0.2, 0) is 11.0 Å². The lowest BCUT2D eigenvalue weighted by atomic mass is 9.95. The van der Waals surface area contributed by atoms with Gasteiger partial charge in [0.1, 0.15) is 11.6 Å². The number of pyridine rings is 1. The van der Waals surface area contributed by atoms with Crippen molar-refractivity contribution in [2.75, 3.05) is 49.1 Å². The number of carbonyl (C=O) groups excluding carboxylic acids is 1. The number of nitrogens with zero attached hydrogens (tertiary/aromatic N) is 6. The van der Waals surface area contributed by atoms with Crippen LogP contribution in [-0.4, -0.2) is 65.3 Å². The Kier molecular flexibility index (Phi) is 6.94. The van der Waals surface area contributed by atoms with Gasteiger partial charge in [-0.3, -0.25) is 4.79 Å². The van der Waals surface area contributed by atoms with Crippen molar-refractivity contribution in [2.45, 2.75) is 19.0 Å². The highest BCUT2D eigenvalue weighted by Gasteiger charge is 2.33. The van der Waals surface area contributed by atoms with E-state index in [1.54, 1.807) is 12.1 Å². The summed E-state index contributed by atoms with van der Waals surface area (Å²) in [5.74, 6) is 0.981. The number of piperidine rings is 1. The van der Waals surface area contributed by atoms with E-state index in [9.17, 15) is 22.4 Å². The molecule has 0 spiro atoms. The molecular weight excluding hydrogens is 488 g/mol. The number of rotatable bonds is 4. The zero-order valence-electron chi connectivity index (χ0n) is 20.0. The third-order valence-corrected chi connectivity index (χ3v) is 6.95. The minimum Gasteiger partial charge on any atom is -0.355 e. The first kappa shape index (κ1) is 24.9. The summed E-state index contributed by atoms with van der Waals surface area (Å²) < 4.78 is 51.5. The molecule has 2 aromatic heterocycles. The van der Waals surface area contributed by atoms with E-state index in [0.29, 0.717) is 63.6 Å². The van der Waals surface area contributed by atoms with E-state index in [-0.39, 0.29) is 17.6 Å². The molecule has 2 aliphatic rings. The van der Waals surface area contributed by atoms with Gasteiger partial charge in [0.2, 0.25) is 5.91 Å². The lowest BCUT2D eigenvalue weighted by Crippen LogP contribution is -2.52. The van der Waals surface area contributed by atoms with Crippen LogP contribution >= 0.6 is 0 Å². The molecule has 0 radical (unpaired) electrons. The van der Waals surface area contributed by atoms with Crippen molar-refractivity contribution in [2.24, 2.45) is 5.92 Å². The number of hydrogen-bond donors (Lipinski definition) is 0. The van der Waals surface area contributed by atoms with Gasteiger partial charge in [-0.2, -0.15) is 13.2 Å². The van der Waals surface area contributed by atoms with Crippen molar-refractivity contribution in [3.63, 3.8) is 0 Å². The zero-order chi connectivity index (χ0) is 26.0. The molecular formula is C26H26F4N6O. The van der Waals surface area contributed by atoms with Gasteiger partial charge in [-0.25, -0.2) is 9.37 Å². The zero-order valence-corrected chi connectivity index (χ0v) is 20.0. The van der Waals surface area contributed by atoms with E-state index in [2.05, 4.69) is 20.1 Å². The van der Waals surface area contributed by atoms with E-state index in [4.69, 9.17) is 0 Å². The van der Waals surface area contributed by atoms with Gasteiger partial charge in [0.25, 0.3) is 0 Å². The van der Waals surface area contributed by atoms with Crippen LogP contribution < -0.4 is 9.80 Å². The fraction of sp³-hybridized carbons (Fsp3) is 0.385. The van der Waals surface area contributed by atoms with Gasteiger partial charge >= 0.3 is 6.18 Å². The summed E-state index contributed by atoms with van der Waals surface area (Å²) in [5, 5.41) is 8.61. The first-order valence-electron chi connectivity index (χ1n) is 12.2. The Hall–Kier alpha value is -3.76. The Labute approximate surface area is 211 Å². The number of aromatic nitrogens is 3. The molecule has 7 nitrogen and oxygen atoms in total. The first-order valence-corrected chi connectivity index (χ1v) is 12.2. The molecule has 194 valence electrons. The monoisotopic (exact) mass is 514 g/mol. The van der Waals surface area contributed by atoms with Gasteiger partial charge in [0.05, 0.1) is 11.3 Å². The standard InChI is InChI=1S/C26H26F4N6O/c27-21-4-1-18(2-5-21)22-6-8-24(33-32-22)34-11-9-19(10-12-34)25(37)36-15-13-35(14-16-36)23-7-3-20(17-31-23)26(28,29)30/h1-8,17,19H,9-16H2. The fourth-order valence-electron chi connectivity index (χ4n) is 4.78. The van der Waals surface area contributed by atoms with E-state index in [1.165, 1.54) is 18.2 Å². The molecule has 1 amide bonds. The van der Waals surface area contributed by atoms with Crippen LogP contribution in [0.15, 0.2) is 54.7 Å². The maximum atomic E-state index is 13.1. The quantitative estimate of drug-likeness (QED) is 0.485. The van der Waals surface area contributed by atoms with Gasteiger partial charge in [-0.15, -0.1) is 10.2 Å². The summed E-state index contributed by atoms with van der Waals surface area (Å²) in [4.78, 5) is 22.9. The summed E-state index contributed by atoms with van der Waals surface area (Å²) in [6.45, 7) is 3.46. The summed E-state index contributed by atoms with van der Waals surface area (Å²) >= 11 is 0. The van der Waals surface area contributed by atoms with Crippen LogP contribution in [0.4, 0.5) is 29.2 Å². The Morgan fingerprint density at radius 1 is 0.784 bits per heavy atom. The largest absolute Gasteiger partial charge is 0.417 e. The predicted molar refractivity (Wildman–Crippen MR) is 130 cm³/mol. The predicted octanol–water partition coefficient (Wildman–Crippen LogP) is 4.26. The van der Waals surface area contributed by atoms with Crippen LogP contribution in [0.3, 0.4) is 0 Å². The molecule has 0 saturated carbocycles. The maximum Gasteiger partial charge on any atom is 0.417 e. The van der Waals surface area contributed by atoms with Crippen LogP contribution in [0.5, 0.6) is 0 Å². The Bertz CT molecular complexity index is 1200. The van der Waals surface area contributed by atoms with E-state index in [1.807, 2.05) is 21.9 Å². The van der Waals surface area contributed by atoms with Crippen LogP contribution in [0.2, 0.25) is 0 Å². The van der Waals surface area contributed by atoms with Gasteiger partial charge in [-0.05, 0) is 61.4 Å². The number of alkyl halides is 3. The van der Waals surface area contributed by atoms with Gasteiger partial charge < -0.3 is 14.7 Å². The lowest BCUT2D eigenvalue weighted by molar-refractivity contribution is -0.138. The SMILES string of the molecule is O=C(C1CCN(c2ccc(-c3ccc(F)cc3)nn2)CC1)N1CCN(c2ccc(C(F)(F)F)cn2)CC1. The van der Waals surface area contributed by atoms with E-state index in [0.717, 1.165) is 23.6 Å². The average molecular weight is 515 g/mol. The number of amides is 1. The van der Waals surface area contributed by atoms with Gasteiger partial charge in [-0.1, -0.05) is 0 Å². The summed E-state index contributed by atoms with van der Waals surface area (Å²) in [6, 6.07) is 12.3. The van der Waals surface area contributed by atoms with Crippen molar-refractivity contribution in [1.82, 2.24) is 20.1 Å². The maximum absolute atomic E-state index is 13.1. The average Bonchev–Trinajstić information content (AvgIpc) is 2.93. The lowest BCUT2D eigenvalue weighted by Gasteiger charge is -2.39. The van der Waals surface area contributed by atoms with Crippen molar-refractivity contribution in [3.05, 3.63) is 66.1 Å². The van der Waals surface area contributed by atoms with Crippen LogP contribution in [0.1, 0.15) is 18.4 Å². The summed E-state index contributed by atoms with van der Waals surface area (Å²) in [6.07, 6.45) is -2.14. The third-order valence-electron chi connectivity index (χ3n) is 6.95. The van der Waals surface area contributed by atoms with Crippen molar-refractivity contribution in [1.29, 1.82) is 0 Å². The smallest absolute Gasteiger partial charge is 0.355 e. The Balaban J connectivity index is 1.11.